The zero-order chi connectivity index (χ0) is 14.4. The zero-order valence-corrected chi connectivity index (χ0v) is 11.3. The minimum Gasteiger partial charge on any atom is -0.356 e. The van der Waals surface area contributed by atoms with Crippen LogP contribution in [-0.2, 0) is 9.59 Å². The number of piperidine rings is 1. The Morgan fingerprint density at radius 2 is 2.15 bits per heavy atom. The fraction of sp³-hybridized carbons (Fsp3) is 0.714. The fourth-order valence-electron chi connectivity index (χ4n) is 3.56. The average Bonchev–Trinajstić information content (AvgIpc) is 2.98. The van der Waals surface area contributed by atoms with E-state index in [4.69, 9.17) is 0 Å². The van der Waals surface area contributed by atoms with E-state index >= 15 is 0 Å². The molecule has 1 N–H and O–H groups in total. The summed E-state index contributed by atoms with van der Waals surface area (Å²) in [5, 5.41) is 2.62. The lowest BCUT2D eigenvalue weighted by molar-refractivity contribution is -0.157. The highest BCUT2D eigenvalue weighted by atomic mass is 19.3. The summed E-state index contributed by atoms with van der Waals surface area (Å²) < 4.78 is 28.0. The van der Waals surface area contributed by atoms with Crippen LogP contribution in [0.5, 0.6) is 0 Å². The van der Waals surface area contributed by atoms with Crippen LogP contribution in [0.4, 0.5) is 8.78 Å². The Morgan fingerprint density at radius 1 is 1.35 bits per heavy atom. The van der Waals surface area contributed by atoms with E-state index in [1.165, 1.54) is 4.90 Å². The molecule has 2 heterocycles. The van der Waals surface area contributed by atoms with Crippen molar-refractivity contribution in [2.75, 3.05) is 19.6 Å². The molecule has 3 aliphatic rings. The van der Waals surface area contributed by atoms with Gasteiger partial charge < -0.3 is 10.2 Å². The molecule has 1 spiro atoms. The summed E-state index contributed by atoms with van der Waals surface area (Å²) >= 11 is 0. The Bertz CT molecular complexity index is 490. The van der Waals surface area contributed by atoms with E-state index in [-0.39, 0.29) is 18.4 Å². The average molecular weight is 284 g/mol. The quantitative estimate of drug-likeness (QED) is 0.792. The highest BCUT2D eigenvalue weighted by Crippen LogP contribution is 2.43. The summed E-state index contributed by atoms with van der Waals surface area (Å²) in [5.74, 6) is -3.65. The molecule has 2 fully saturated rings. The van der Waals surface area contributed by atoms with Gasteiger partial charge >= 0.3 is 0 Å². The van der Waals surface area contributed by atoms with Crippen molar-refractivity contribution < 1.29 is 18.4 Å². The van der Waals surface area contributed by atoms with Crippen LogP contribution in [0, 0.1) is 5.41 Å². The number of carbonyl (C=O) groups excluding carboxylic acids is 2. The van der Waals surface area contributed by atoms with Crippen LogP contribution >= 0.6 is 0 Å². The number of allylic oxidation sites excluding steroid dienone is 1. The highest BCUT2D eigenvalue weighted by molar-refractivity contribution is 5.95. The van der Waals surface area contributed by atoms with E-state index in [0.29, 0.717) is 25.0 Å². The predicted molar refractivity (Wildman–Crippen MR) is 68.1 cm³/mol. The van der Waals surface area contributed by atoms with Gasteiger partial charge in [-0.2, -0.15) is 0 Å². The third kappa shape index (κ3) is 2.21. The van der Waals surface area contributed by atoms with Gasteiger partial charge in [0.1, 0.15) is 0 Å². The normalized spacial score (nSPS) is 32.4. The van der Waals surface area contributed by atoms with Crippen LogP contribution in [0.1, 0.15) is 32.1 Å². The maximum absolute atomic E-state index is 14.0. The van der Waals surface area contributed by atoms with Gasteiger partial charge in [0, 0.05) is 25.1 Å². The first-order valence-electron chi connectivity index (χ1n) is 7.06. The lowest BCUT2D eigenvalue weighted by atomic mass is 9.77. The van der Waals surface area contributed by atoms with Gasteiger partial charge in [-0.15, -0.1) is 0 Å². The number of rotatable bonds is 1. The molecule has 20 heavy (non-hydrogen) atoms. The minimum atomic E-state index is -2.99. The second-order valence-corrected chi connectivity index (χ2v) is 6.10. The monoisotopic (exact) mass is 284 g/mol. The molecule has 3 rings (SSSR count). The molecule has 0 aromatic heterocycles. The molecule has 0 bridgehead atoms. The lowest BCUT2D eigenvalue weighted by Gasteiger charge is -2.42. The maximum Gasteiger partial charge on any atom is 0.266 e. The molecule has 4 nitrogen and oxygen atoms in total. The minimum absolute atomic E-state index is 0.116. The number of alkyl halides is 2. The number of carbonyl (C=O) groups is 2. The zero-order valence-electron chi connectivity index (χ0n) is 11.3. The number of halogens is 2. The summed E-state index contributed by atoms with van der Waals surface area (Å²) in [4.78, 5) is 25.4. The van der Waals surface area contributed by atoms with Crippen LogP contribution in [0.2, 0.25) is 0 Å². The molecule has 1 atom stereocenters. The molecule has 1 aliphatic carbocycles. The molecule has 0 radical (unpaired) electrons. The third-order valence-corrected chi connectivity index (χ3v) is 4.49. The first kappa shape index (κ1) is 13.5. The summed E-state index contributed by atoms with van der Waals surface area (Å²) in [7, 11) is 0. The number of hydrogen-bond donors (Lipinski definition) is 1. The summed E-state index contributed by atoms with van der Waals surface area (Å²) in [5.41, 5.74) is -0.479. The van der Waals surface area contributed by atoms with Crippen LogP contribution in [0.25, 0.3) is 0 Å². The number of nitrogens with one attached hydrogen (secondary N) is 1. The summed E-state index contributed by atoms with van der Waals surface area (Å²) in [6, 6.07) is 0. The van der Waals surface area contributed by atoms with Crippen molar-refractivity contribution in [3.05, 3.63) is 11.6 Å². The van der Waals surface area contributed by atoms with Gasteiger partial charge in [0.2, 0.25) is 11.8 Å². The van der Waals surface area contributed by atoms with Gasteiger partial charge in [-0.3, -0.25) is 9.59 Å². The van der Waals surface area contributed by atoms with E-state index < -0.39 is 24.3 Å². The van der Waals surface area contributed by atoms with Gasteiger partial charge in [-0.25, -0.2) is 8.78 Å². The van der Waals surface area contributed by atoms with Crippen molar-refractivity contribution in [1.82, 2.24) is 10.2 Å². The Labute approximate surface area is 116 Å². The number of nitrogens with zero attached hydrogens (tertiary/aromatic N) is 1. The van der Waals surface area contributed by atoms with Gasteiger partial charge in [-0.1, -0.05) is 6.08 Å². The number of likely N-dealkylation sites (tertiary alicyclic amines) is 1. The standard InChI is InChI=1S/C14H18F2N2O2/c15-14(16)7-13(5-6-17-12(13)20)8-18(9-14)11(19)10-3-1-2-4-10/h3H,1-2,4-9H2,(H,17,20)/t13-/m0/s1. The van der Waals surface area contributed by atoms with E-state index in [1.54, 1.807) is 0 Å². The van der Waals surface area contributed by atoms with Gasteiger partial charge in [0.15, 0.2) is 0 Å². The SMILES string of the molecule is O=C(C1=CCCC1)N1CC(F)(F)C[C@@]2(CCNC2=O)C1. The first-order chi connectivity index (χ1) is 9.42. The molecular formula is C14H18F2N2O2. The molecule has 0 aromatic carbocycles. The van der Waals surface area contributed by atoms with Gasteiger partial charge in [0.05, 0.1) is 12.0 Å². The second-order valence-electron chi connectivity index (χ2n) is 6.10. The van der Waals surface area contributed by atoms with Crippen LogP contribution in [0.15, 0.2) is 11.6 Å². The van der Waals surface area contributed by atoms with Crippen molar-refractivity contribution >= 4 is 11.8 Å². The largest absolute Gasteiger partial charge is 0.356 e. The van der Waals surface area contributed by atoms with Crippen LogP contribution < -0.4 is 5.32 Å². The molecule has 2 aliphatic heterocycles. The predicted octanol–water partition coefficient (Wildman–Crippen LogP) is 1.47. The van der Waals surface area contributed by atoms with Crippen molar-refractivity contribution in [1.29, 1.82) is 0 Å². The van der Waals surface area contributed by atoms with E-state index in [9.17, 15) is 18.4 Å². The maximum atomic E-state index is 14.0. The molecule has 0 unspecified atom stereocenters. The Hall–Kier alpha value is -1.46. The highest BCUT2D eigenvalue weighted by Gasteiger charge is 2.55. The van der Waals surface area contributed by atoms with Gasteiger partial charge in [0.25, 0.3) is 5.92 Å². The van der Waals surface area contributed by atoms with Crippen molar-refractivity contribution in [3.63, 3.8) is 0 Å². The molecule has 0 saturated carbocycles. The molecular weight excluding hydrogens is 266 g/mol. The Balaban J connectivity index is 1.84. The number of hydrogen-bond acceptors (Lipinski definition) is 2. The second kappa shape index (κ2) is 4.53. The van der Waals surface area contributed by atoms with Crippen LogP contribution in [0.3, 0.4) is 0 Å². The van der Waals surface area contributed by atoms with E-state index in [1.807, 2.05) is 6.08 Å². The summed E-state index contributed by atoms with van der Waals surface area (Å²) in [6.07, 6.45) is 4.14. The molecule has 0 aromatic rings. The molecule has 110 valence electrons. The van der Waals surface area contributed by atoms with Crippen molar-refractivity contribution in [3.8, 4) is 0 Å². The molecule has 6 heteroatoms. The molecule has 2 saturated heterocycles. The van der Waals surface area contributed by atoms with Crippen molar-refractivity contribution in [2.45, 2.75) is 38.0 Å². The van der Waals surface area contributed by atoms with Crippen LogP contribution in [-0.4, -0.2) is 42.3 Å². The van der Waals surface area contributed by atoms with Gasteiger partial charge in [-0.05, 0) is 25.7 Å². The fourth-order valence-corrected chi connectivity index (χ4v) is 3.56. The first-order valence-corrected chi connectivity index (χ1v) is 7.06. The smallest absolute Gasteiger partial charge is 0.266 e. The van der Waals surface area contributed by atoms with E-state index in [2.05, 4.69) is 5.32 Å². The number of amides is 2. The lowest BCUT2D eigenvalue weighted by Crippen LogP contribution is -2.57. The topological polar surface area (TPSA) is 49.4 Å². The Kier molecular flexibility index (Phi) is 3.06. The molecule has 2 amide bonds. The third-order valence-electron chi connectivity index (χ3n) is 4.49. The van der Waals surface area contributed by atoms with Crippen molar-refractivity contribution in [2.24, 2.45) is 5.41 Å². The Morgan fingerprint density at radius 3 is 2.75 bits per heavy atom. The van der Waals surface area contributed by atoms with E-state index in [0.717, 1.165) is 12.8 Å². The summed E-state index contributed by atoms with van der Waals surface area (Å²) in [6.45, 7) is -0.0392.